The maximum absolute atomic E-state index is 10.9. The van der Waals surface area contributed by atoms with E-state index in [2.05, 4.69) is 13.5 Å². The molecule has 0 aliphatic heterocycles. The largest absolute Gasteiger partial charge is 0.392 e. The Hall–Kier alpha value is -0.380. The van der Waals surface area contributed by atoms with Gasteiger partial charge in [0.2, 0.25) is 0 Å². The molecule has 2 aliphatic rings. The molecular formula is C15H26O3. The summed E-state index contributed by atoms with van der Waals surface area (Å²) < 4.78 is 0. The first-order valence-corrected chi connectivity index (χ1v) is 6.97. The maximum atomic E-state index is 10.9. The average molecular weight is 254 g/mol. The lowest BCUT2D eigenvalue weighted by molar-refractivity contribution is -0.109. The molecule has 104 valence electrons. The molecule has 0 aromatic carbocycles. The van der Waals surface area contributed by atoms with Gasteiger partial charge in [0, 0.05) is 5.92 Å². The Morgan fingerprint density at radius 3 is 2.44 bits per heavy atom. The van der Waals surface area contributed by atoms with Crippen LogP contribution in [0.2, 0.25) is 0 Å². The minimum atomic E-state index is -0.821. The first-order chi connectivity index (χ1) is 8.20. The van der Waals surface area contributed by atoms with Crippen LogP contribution in [0.1, 0.15) is 46.5 Å². The molecule has 0 saturated heterocycles. The van der Waals surface area contributed by atoms with Crippen molar-refractivity contribution in [2.45, 2.75) is 64.3 Å². The van der Waals surface area contributed by atoms with Gasteiger partial charge in [-0.15, -0.1) is 0 Å². The van der Waals surface area contributed by atoms with Crippen LogP contribution in [0, 0.1) is 17.3 Å². The first kappa shape index (κ1) is 14.0. The average Bonchev–Trinajstić information content (AvgIpc) is 2.47. The second-order valence-electron chi connectivity index (χ2n) is 6.93. The molecule has 2 fully saturated rings. The van der Waals surface area contributed by atoms with E-state index in [0.29, 0.717) is 24.8 Å². The van der Waals surface area contributed by atoms with Crippen LogP contribution >= 0.6 is 0 Å². The number of aliphatic hydroxyl groups is 3. The maximum Gasteiger partial charge on any atom is 0.0753 e. The van der Waals surface area contributed by atoms with Gasteiger partial charge in [0.05, 0.1) is 17.8 Å². The van der Waals surface area contributed by atoms with Gasteiger partial charge in [-0.2, -0.15) is 0 Å². The van der Waals surface area contributed by atoms with Crippen molar-refractivity contribution in [2.75, 3.05) is 0 Å². The predicted octanol–water partition coefficient (Wildman–Crippen LogP) is 1.86. The van der Waals surface area contributed by atoms with Crippen molar-refractivity contribution in [3.05, 3.63) is 12.2 Å². The Kier molecular flexibility index (Phi) is 3.37. The number of aliphatic hydroxyl groups excluding tert-OH is 2. The van der Waals surface area contributed by atoms with Gasteiger partial charge in [-0.3, -0.25) is 0 Å². The van der Waals surface area contributed by atoms with E-state index in [1.54, 1.807) is 0 Å². The van der Waals surface area contributed by atoms with Crippen molar-refractivity contribution in [1.82, 2.24) is 0 Å². The second-order valence-corrected chi connectivity index (χ2v) is 6.93. The molecule has 0 aromatic rings. The highest BCUT2D eigenvalue weighted by molar-refractivity contribution is 5.16. The summed E-state index contributed by atoms with van der Waals surface area (Å²) >= 11 is 0. The Morgan fingerprint density at radius 2 is 1.89 bits per heavy atom. The van der Waals surface area contributed by atoms with Crippen molar-refractivity contribution in [3.63, 3.8) is 0 Å². The minimum Gasteiger partial charge on any atom is -0.392 e. The van der Waals surface area contributed by atoms with Crippen LogP contribution in [0.15, 0.2) is 12.2 Å². The summed E-state index contributed by atoms with van der Waals surface area (Å²) in [4.78, 5) is 0. The predicted molar refractivity (Wildman–Crippen MR) is 71.0 cm³/mol. The molecule has 3 heteroatoms. The third-order valence-corrected chi connectivity index (χ3v) is 5.37. The Labute approximate surface area is 110 Å². The fourth-order valence-corrected chi connectivity index (χ4v) is 4.18. The van der Waals surface area contributed by atoms with Gasteiger partial charge in [-0.1, -0.05) is 27.4 Å². The lowest BCUT2D eigenvalue weighted by Crippen LogP contribution is -2.49. The highest BCUT2D eigenvalue weighted by Gasteiger charge is 2.59. The lowest BCUT2D eigenvalue weighted by Gasteiger charge is -2.42. The van der Waals surface area contributed by atoms with Crippen LogP contribution in [-0.2, 0) is 0 Å². The number of hydrogen-bond acceptors (Lipinski definition) is 3. The van der Waals surface area contributed by atoms with Gasteiger partial charge in [0.25, 0.3) is 0 Å². The first-order valence-electron chi connectivity index (χ1n) is 6.97. The Bertz CT molecular complexity index is 352. The summed E-state index contributed by atoms with van der Waals surface area (Å²) in [6.07, 6.45) is 1.41. The van der Waals surface area contributed by atoms with Crippen LogP contribution in [0.4, 0.5) is 0 Å². The van der Waals surface area contributed by atoms with E-state index < -0.39 is 17.8 Å². The molecule has 0 bridgehead atoms. The molecule has 3 N–H and O–H groups in total. The monoisotopic (exact) mass is 254 g/mol. The van der Waals surface area contributed by atoms with Crippen LogP contribution < -0.4 is 0 Å². The normalized spacial score (nSPS) is 49.3. The minimum absolute atomic E-state index is 0.113. The van der Waals surface area contributed by atoms with Crippen molar-refractivity contribution in [3.8, 4) is 0 Å². The second kappa shape index (κ2) is 4.32. The molecule has 2 aliphatic carbocycles. The lowest BCUT2D eigenvalue weighted by atomic mass is 9.68. The molecule has 5 unspecified atom stereocenters. The fraction of sp³-hybridized carbons (Fsp3) is 0.867. The van der Waals surface area contributed by atoms with E-state index in [1.807, 2.05) is 13.8 Å². The van der Waals surface area contributed by atoms with E-state index >= 15 is 0 Å². The third kappa shape index (κ3) is 1.93. The van der Waals surface area contributed by atoms with Crippen molar-refractivity contribution < 1.29 is 15.3 Å². The Morgan fingerprint density at radius 1 is 1.28 bits per heavy atom. The topological polar surface area (TPSA) is 60.7 Å². The van der Waals surface area contributed by atoms with Crippen molar-refractivity contribution in [1.29, 1.82) is 0 Å². The quantitative estimate of drug-likeness (QED) is 0.626. The molecule has 0 aromatic heterocycles. The van der Waals surface area contributed by atoms with Crippen LogP contribution in [-0.4, -0.2) is 33.1 Å². The SMILES string of the molecule is C=C1CC(O)C2C(C)(CCC2(O)C(C)C)CC1O. The fourth-order valence-electron chi connectivity index (χ4n) is 4.18. The van der Waals surface area contributed by atoms with E-state index in [1.165, 1.54) is 0 Å². The molecule has 0 amide bonds. The van der Waals surface area contributed by atoms with E-state index in [0.717, 1.165) is 6.42 Å². The zero-order valence-electron chi connectivity index (χ0n) is 11.7. The van der Waals surface area contributed by atoms with Gasteiger partial charge in [-0.05, 0) is 42.6 Å². The molecule has 3 nitrogen and oxygen atoms in total. The zero-order valence-corrected chi connectivity index (χ0v) is 11.7. The zero-order chi connectivity index (χ0) is 13.7. The van der Waals surface area contributed by atoms with Gasteiger partial charge in [0.1, 0.15) is 0 Å². The summed E-state index contributed by atoms with van der Waals surface area (Å²) in [7, 11) is 0. The summed E-state index contributed by atoms with van der Waals surface area (Å²) in [5, 5.41) is 31.5. The van der Waals surface area contributed by atoms with E-state index in [9.17, 15) is 15.3 Å². The molecule has 0 radical (unpaired) electrons. The third-order valence-electron chi connectivity index (χ3n) is 5.37. The molecular weight excluding hydrogens is 228 g/mol. The highest BCUT2D eigenvalue weighted by atomic mass is 16.3. The van der Waals surface area contributed by atoms with Crippen molar-refractivity contribution in [2.24, 2.45) is 17.3 Å². The van der Waals surface area contributed by atoms with Gasteiger partial charge < -0.3 is 15.3 Å². The van der Waals surface area contributed by atoms with Gasteiger partial charge in [-0.25, -0.2) is 0 Å². The molecule has 2 rings (SSSR count). The summed E-state index contributed by atoms with van der Waals surface area (Å²) in [6.45, 7) is 9.97. The molecule has 0 heterocycles. The highest BCUT2D eigenvalue weighted by Crippen LogP contribution is 2.58. The summed E-state index contributed by atoms with van der Waals surface area (Å²) in [5.41, 5.74) is -0.320. The van der Waals surface area contributed by atoms with Gasteiger partial charge in [0.15, 0.2) is 0 Å². The smallest absolute Gasteiger partial charge is 0.0753 e. The number of fused-ring (bicyclic) bond motifs is 1. The molecule has 18 heavy (non-hydrogen) atoms. The Balaban J connectivity index is 2.40. The number of rotatable bonds is 1. The standard InChI is InChI=1S/C15H26O3/c1-9(2)15(18)6-5-14(4)8-12(17)10(3)7-11(16)13(14)15/h9,11-13,16-18H,3,5-8H2,1-2,4H3. The molecule has 0 spiro atoms. The summed E-state index contributed by atoms with van der Waals surface area (Å²) in [6, 6.07) is 0. The molecule has 5 atom stereocenters. The number of hydrogen-bond donors (Lipinski definition) is 3. The van der Waals surface area contributed by atoms with Crippen LogP contribution in [0.5, 0.6) is 0 Å². The molecule has 2 saturated carbocycles. The van der Waals surface area contributed by atoms with E-state index in [4.69, 9.17) is 0 Å². The summed E-state index contributed by atoms with van der Waals surface area (Å²) in [5.74, 6) is -0.0543. The van der Waals surface area contributed by atoms with E-state index in [-0.39, 0.29) is 17.3 Å². The van der Waals surface area contributed by atoms with Crippen LogP contribution in [0.25, 0.3) is 0 Å². The van der Waals surface area contributed by atoms with Crippen LogP contribution in [0.3, 0.4) is 0 Å². The van der Waals surface area contributed by atoms with Gasteiger partial charge >= 0.3 is 0 Å². The van der Waals surface area contributed by atoms with Crippen molar-refractivity contribution >= 4 is 0 Å².